The third-order valence-electron chi connectivity index (χ3n) is 8.34. The molecule has 0 aliphatic carbocycles. The van der Waals surface area contributed by atoms with Crippen molar-refractivity contribution in [2.24, 2.45) is 5.92 Å². The molecule has 0 rings (SSSR count). The van der Waals surface area contributed by atoms with E-state index in [4.69, 9.17) is 9.84 Å². The summed E-state index contributed by atoms with van der Waals surface area (Å²) in [6.45, 7) is 5.12. The van der Waals surface area contributed by atoms with Crippen LogP contribution in [0.4, 0.5) is 0 Å². The van der Waals surface area contributed by atoms with E-state index in [1.807, 2.05) is 0 Å². The second-order valence-corrected chi connectivity index (χ2v) is 12.5. The molecule has 1 unspecified atom stereocenters. The smallest absolute Gasteiger partial charge is 0.305 e. The van der Waals surface area contributed by atoms with Crippen LogP contribution in [0.5, 0.6) is 0 Å². The van der Waals surface area contributed by atoms with Crippen molar-refractivity contribution in [3.05, 3.63) is 12.2 Å². The van der Waals surface area contributed by atoms with E-state index in [-0.39, 0.29) is 5.97 Å². The first-order chi connectivity index (χ1) is 20.1. The lowest BCUT2D eigenvalue weighted by molar-refractivity contribution is -0.145. The van der Waals surface area contributed by atoms with Crippen molar-refractivity contribution in [2.75, 3.05) is 6.61 Å². The van der Waals surface area contributed by atoms with Gasteiger partial charge in [-0.25, -0.2) is 0 Å². The molecule has 0 amide bonds. The number of carbonyl (C=O) groups excluding carboxylic acids is 1. The lowest BCUT2D eigenvalue weighted by atomic mass is 9.94. The third-order valence-corrected chi connectivity index (χ3v) is 8.34. The first kappa shape index (κ1) is 39.7. The van der Waals surface area contributed by atoms with Gasteiger partial charge in [-0.15, -0.1) is 0 Å². The summed E-state index contributed by atoms with van der Waals surface area (Å²) < 4.78 is 5.75. The summed E-state index contributed by atoms with van der Waals surface area (Å²) in [6, 6.07) is 0. The molecule has 0 aliphatic rings. The Labute approximate surface area is 255 Å². The van der Waals surface area contributed by atoms with Crippen molar-refractivity contribution in [1.82, 2.24) is 0 Å². The molecule has 0 bridgehead atoms. The van der Waals surface area contributed by atoms with E-state index in [1.54, 1.807) is 0 Å². The van der Waals surface area contributed by atoms with Crippen molar-refractivity contribution < 1.29 is 19.4 Å². The Morgan fingerprint density at radius 2 is 0.927 bits per heavy atom. The number of carbonyl (C=O) groups is 2. The van der Waals surface area contributed by atoms with Gasteiger partial charge in [-0.1, -0.05) is 148 Å². The Balaban J connectivity index is 3.90. The van der Waals surface area contributed by atoms with Crippen LogP contribution in [-0.2, 0) is 14.3 Å². The molecular weight excluding hydrogens is 508 g/mol. The summed E-state index contributed by atoms with van der Waals surface area (Å²) in [6.07, 6.45) is 38.7. The second-order valence-electron chi connectivity index (χ2n) is 12.5. The van der Waals surface area contributed by atoms with Gasteiger partial charge in [0.1, 0.15) is 0 Å². The molecule has 0 saturated carbocycles. The van der Waals surface area contributed by atoms with Crippen LogP contribution in [0.25, 0.3) is 0 Å². The topological polar surface area (TPSA) is 63.6 Å². The number of rotatable bonds is 33. The molecule has 4 nitrogen and oxygen atoms in total. The molecule has 0 fully saturated rings. The number of carboxylic acids is 1. The zero-order valence-corrected chi connectivity index (χ0v) is 27.6. The van der Waals surface area contributed by atoms with Gasteiger partial charge in [0, 0.05) is 12.8 Å². The highest BCUT2D eigenvalue weighted by Gasteiger charge is 2.12. The first-order valence-corrected chi connectivity index (χ1v) is 18.1. The molecule has 0 saturated heterocycles. The van der Waals surface area contributed by atoms with E-state index < -0.39 is 5.97 Å². The van der Waals surface area contributed by atoms with Gasteiger partial charge in [-0.3, -0.25) is 9.59 Å². The number of hydrogen-bond acceptors (Lipinski definition) is 3. The van der Waals surface area contributed by atoms with Gasteiger partial charge in [0.2, 0.25) is 0 Å². The lowest BCUT2D eigenvalue weighted by Crippen LogP contribution is -2.14. The second kappa shape index (κ2) is 33.2. The predicted octanol–water partition coefficient (Wildman–Crippen LogP) is 12.1. The van der Waals surface area contributed by atoms with Crippen molar-refractivity contribution in [3.63, 3.8) is 0 Å². The molecule has 0 aromatic carbocycles. The van der Waals surface area contributed by atoms with E-state index in [1.165, 1.54) is 135 Å². The molecule has 41 heavy (non-hydrogen) atoms. The van der Waals surface area contributed by atoms with Crippen molar-refractivity contribution in [3.8, 4) is 0 Å². The summed E-state index contributed by atoms with van der Waals surface area (Å²) in [5.41, 5.74) is 0. The van der Waals surface area contributed by atoms with Gasteiger partial charge in [0.05, 0.1) is 6.61 Å². The average Bonchev–Trinajstić information content (AvgIpc) is 2.96. The molecule has 1 atom stereocenters. The van der Waals surface area contributed by atoms with Crippen LogP contribution in [0.1, 0.15) is 200 Å². The molecule has 4 heteroatoms. The first-order valence-electron chi connectivity index (χ1n) is 18.1. The fourth-order valence-corrected chi connectivity index (χ4v) is 5.56. The lowest BCUT2D eigenvalue weighted by Gasteiger charge is -2.17. The summed E-state index contributed by atoms with van der Waals surface area (Å²) in [5.74, 6) is -0.199. The van der Waals surface area contributed by atoms with Gasteiger partial charge in [0.15, 0.2) is 0 Å². The SMILES string of the molecule is CCCCCCCCC=CCCCCCCCC(=O)OCC(CCCCCCCC)CCCCCCCCC(=O)O. The Hall–Kier alpha value is -1.32. The summed E-state index contributed by atoms with van der Waals surface area (Å²) in [5, 5.41) is 8.75. The number of carboxylic acid groups (broad SMARTS) is 1. The summed E-state index contributed by atoms with van der Waals surface area (Å²) >= 11 is 0. The highest BCUT2D eigenvalue weighted by molar-refractivity contribution is 5.69. The van der Waals surface area contributed by atoms with Crippen LogP contribution < -0.4 is 0 Å². The molecule has 0 aliphatic heterocycles. The van der Waals surface area contributed by atoms with Gasteiger partial charge >= 0.3 is 11.9 Å². The van der Waals surface area contributed by atoms with E-state index in [9.17, 15) is 9.59 Å². The molecular formula is C37H70O4. The van der Waals surface area contributed by atoms with Crippen LogP contribution in [0, 0.1) is 5.92 Å². The van der Waals surface area contributed by atoms with Crippen LogP contribution >= 0.6 is 0 Å². The van der Waals surface area contributed by atoms with E-state index in [0.29, 0.717) is 25.4 Å². The number of ether oxygens (including phenoxy) is 1. The fourth-order valence-electron chi connectivity index (χ4n) is 5.56. The van der Waals surface area contributed by atoms with Gasteiger partial charge in [0.25, 0.3) is 0 Å². The minimum Gasteiger partial charge on any atom is -0.481 e. The minimum absolute atomic E-state index is 0.00555. The molecule has 0 spiro atoms. The van der Waals surface area contributed by atoms with Crippen molar-refractivity contribution >= 4 is 11.9 Å². The maximum absolute atomic E-state index is 12.4. The zero-order chi connectivity index (χ0) is 30.1. The predicted molar refractivity (Wildman–Crippen MR) is 176 cm³/mol. The molecule has 0 heterocycles. The Morgan fingerprint density at radius 1 is 0.537 bits per heavy atom. The summed E-state index contributed by atoms with van der Waals surface area (Å²) in [7, 11) is 0. The van der Waals surface area contributed by atoms with Crippen LogP contribution in [0.2, 0.25) is 0 Å². The maximum Gasteiger partial charge on any atom is 0.305 e. The largest absolute Gasteiger partial charge is 0.481 e. The molecule has 0 aromatic heterocycles. The van der Waals surface area contributed by atoms with E-state index >= 15 is 0 Å². The van der Waals surface area contributed by atoms with Gasteiger partial charge in [-0.05, 0) is 57.3 Å². The van der Waals surface area contributed by atoms with Crippen LogP contribution in [-0.4, -0.2) is 23.7 Å². The number of allylic oxidation sites excluding steroid dienone is 2. The molecule has 242 valence electrons. The molecule has 1 N–H and O–H groups in total. The quantitative estimate of drug-likeness (QED) is 0.0478. The zero-order valence-electron chi connectivity index (χ0n) is 27.6. The van der Waals surface area contributed by atoms with Gasteiger partial charge in [-0.2, -0.15) is 0 Å². The average molecular weight is 579 g/mol. The Kier molecular flexibility index (Phi) is 32.1. The normalized spacial score (nSPS) is 12.2. The van der Waals surface area contributed by atoms with Crippen LogP contribution in [0.3, 0.4) is 0 Å². The molecule has 0 aromatic rings. The highest BCUT2D eigenvalue weighted by Crippen LogP contribution is 2.20. The monoisotopic (exact) mass is 579 g/mol. The fraction of sp³-hybridized carbons (Fsp3) is 0.892. The molecule has 0 radical (unpaired) electrons. The van der Waals surface area contributed by atoms with Crippen LogP contribution in [0.15, 0.2) is 12.2 Å². The van der Waals surface area contributed by atoms with Crippen molar-refractivity contribution in [1.29, 1.82) is 0 Å². The van der Waals surface area contributed by atoms with Crippen molar-refractivity contribution in [2.45, 2.75) is 200 Å². The summed E-state index contributed by atoms with van der Waals surface area (Å²) in [4.78, 5) is 23.0. The Bertz CT molecular complexity index is 585. The third kappa shape index (κ3) is 33.1. The van der Waals surface area contributed by atoms with E-state index in [2.05, 4.69) is 26.0 Å². The maximum atomic E-state index is 12.4. The minimum atomic E-state index is -0.686. The standard InChI is InChI=1S/C37H70O4/c1-3-5-7-9-11-12-13-14-15-16-17-18-19-25-29-33-37(40)41-34-35(30-26-22-10-8-6-4-2)31-27-23-20-21-24-28-32-36(38)39/h14-15,35H,3-13,16-34H2,1-2H3,(H,38,39). The number of unbranched alkanes of at least 4 members (excludes halogenated alkanes) is 21. The van der Waals surface area contributed by atoms with Gasteiger partial charge < -0.3 is 9.84 Å². The number of aliphatic carboxylic acids is 1. The van der Waals surface area contributed by atoms with E-state index in [0.717, 1.165) is 38.5 Å². The Morgan fingerprint density at radius 3 is 1.39 bits per heavy atom. The number of esters is 1. The number of hydrogen-bond donors (Lipinski definition) is 1. The highest BCUT2D eigenvalue weighted by atomic mass is 16.5.